The number of nitrogens with one attached hydrogen (secondary N) is 1. The zero-order valence-electron chi connectivity index (χ0n) is 12.1. The van der Waals surface area contributed by atoms with Crippen LogP contribution in [0.25, 0.3) is 0 Å². The Labute approximate surface area is 123 Å². The van der Waals surface area contributed by atoms with E-state index in [1.54, 1.807) is 12.1 Å². The summed E-state index contributed by atoms with van der Waals surface area (Å²) in [5, 5.41) is 2.82. The van der Waals surface area contributed by atoms with Gasteiger partial charge in [0.05, 0.1) is 6.04 Å². The third-order valence-corrected chi connectivity index (χ3v) is 3.15. The number of amides is 1. The minimum Gasteiger partial charge on any atom is -0.481 e. The summed E-state index contributed by atoms with van der Waals surface area (Å²) in [5.74, 6) is -0.682. The molecule has 0 saturated heterocycles. The second-order valence-corrected chi connectivity index (χ2v) is 4.92. The highest BCUT2D eigenvalue weighted by Gasteiger charge is 2.11. The monoisotopic (exact) mass is 287 g/mol. The Morgan fingerprint density at radius 1 is 1.19 bits per heavy atom. The summed E-state index contributed by atoms with van der Waals surface area (Å²) >= 11 is 0. The highest BCUT2D eigenvalue weighted by atomic mass is 19.1. The lowest BCUT2D eigenvalue weighted by molar-refractivity contribution is -0.123. The molecule has 0 spiro atoms. The van der Waals surface area contributed by atoms with Gasteiger partial charge in [-0.2, -0.15) is 0 Å². The molecule has 2 rings (SSSR count). The van der Waals surface area contributed by atoms with Gasteiger partial charge in [-0.05, 0) is 31.5 Å². The second-order valence-electron chi connectivity index (χ2n) is 4.92. The highest BCUT2D eigenvalue weighted by molar-refractivity contribution is 5.78. The molecule has 1 N–H and O–H groups in total. The summed E-state index contributed by atoms with van der Waals surface area (Å²) in [5.41, 5.74) is 2.18. The van der Waals surface area contributed by atoms with Crippen LogP contribution >= 0.6 is 0 Å². The number of aryl methyl sites for hydroxylation is 1. The zero-order chi connectivity index (χ0) is 15.2. The molecule has 21 heavy (non-hydrogen) atoms. The van der Waals surface area contributed by atoms with Crippen LogP contribution in [-0.4, -0.2) is 12.5 Å². The minimum absolute atomic E-state index is 0.0793. The van der Waals surface area contributed by atoms with E-state index in [-0.39, 0.29) is 24.3 Å². The molecule has 1 atom stereocenters. The molecule has 0 saturated carbocycles. The number of carbonyl (C=O) groups excluding carboxylic acids is 1. The van der Waals surface area contributed by atoms with Gasteiger partial charge < -0.3 is 10.1 Å². The number of para-hydroxylation sites is 1. The lowest BCUT2D eigenvalue weighted by Gasteiger charge is -2.15. The Morgan fingerprint density at radius 2 is 1.86 bits per heavy atom. The number of carbonyl (C=O) groups is 1. The zero-order valence-corrected chi connectivity index (χ0v) is 12.1. The van der Waals surface area contributed by atoms with Crippen LogP contribution < -0.4 is 10.1 Å². The van der Waals surface area contributed by atoms with Crippen LogP contribution in [0.2, 0.25) is 0 Å². The van der Waals surface area contributed by atoms with Crippen molar-refractivity contribution in [2.45, 2.75) is 19.9 Å². The minimum atomic E-state index is -0.475. The fraction of sp³-hybridized carbons (Fsp3) is 0.235. The Bertz CT molecular complexity index is 610. The molecule has 0 heterocycles. The van der Waals surface area contributed by atoms with E-state index in [0.29, 0.717) is 0 Å². The Hall–Kier alpha value is -2.36. The molecule has 0 unspecified atom stereocenters. The van der Waals surface area contributed by atoms with E-state index in [0.717, 1.165) is 5.56 Å². The third-order valence-electron chi connectivity index (χ3n) is 3.15. The third kappa shape index (κ3) is 4.31. The van der Waals surface area contributed by atoms with Crippen molar-refractivity contribution < 1.29 is 13.9 Å². The lowest BCUT2D eigenvalue weighted by Crippen LogP contribution is -2.31. The molecule has 0 aliphatic carbocycles. The van der Waals surface area contributed by atoms with E-state index in [1.165, 1.54) is 17.7 Å². The molecule has 2 aromatic carbocycles. The SMILES string of the molecule is Cc1ccc([C@H](C)NC(=O)COc2ccccc2F)cc1. The van der Waals surface area contributed by atoms with Gasteiger partial charge in [0.1, 0.15) is 0 Å². The van der Waals surface area contributed by atoms with Gasteiger partial charge in [-0.15, -0.1) is 0 Å². The largest absolute Gasteiger partial charge is 0.481 e. The van der Waals surface area contributed by atoms with Gasteiger partial charge in [0, 0.05) is 0 Å². The standard InChI is InChI=1S/C17H18FNO2/c1-12-7-9-14(10-8-12)13(2)19-17(20)11-21-16-6-4-3-5-15(16)18/h3-10,13H,11H2,1-2H3,(H,19,20)/t13-/m0/s1. The van der Waals surface area contributed by atoms with Gasteiger partial charge in [-0.3, -0.25) is 4.79 Å². The van der Waals surface area contributed by atoms with Crippen molar-refractivity contribution in [3.05, 3.63) is 65.5 Å². The van der Waals surface area contributed by atoms with Crippen LogP contribution in [0.4, 0.5) is 4.39 Å². The first-order valence-corrected chi connectivity index (χ1v) is 6.79. The average molecular weight is 287 g/mol. The molecule has 110 valence electrons. The van der Waals surface area contributed by atoms with Crippen molar-refractivity contribution in [3.63, 3.8) is 0 Å². The number of halogens is 1. The molecule has 0 fully saturated rings. The van der Waals surface area contributed by atoms with Crippen molar-refractivity contribution in [2.24, 2.45) is 0 Å². The summed E-state index contributed by atoms with van der Waals surface area (Å²) in [6.07, 6.45) is 0. The van der Waals surface area contributed by atoms with Gasteiger partial charge in [0.2, 0.25) is 0 Å². The van der Waals surface area contributed by atoms with Gasteiger partial charge in [0.15, 0.2) is 18.2 Å². The summed E-state index contributed by atoms with van der Waals surface area (Å²) in [4.78, 5) is 11.8. The van der Waals surface area contributed by atoms with Crippen LogP contribution in [-0.2, 0) is 4.79 Å². The molecule has 0 bridgehead atoms. The number of hydrogen-bond donors (Lipinski definition) is 1. The normalized spacial score (nSPS) is 11.8. The van der Waals surface area contributed by atoms with Crippen molar-refractivity contribution in [1.29, 1.82) is 0 Å². The van der Waals surface area contributed by atoms with Crippen LogP contribution in [0, 0.1) is 12.7 Å². The number of benzene rings is 2. The van der Waals surface area contributed by atoms with Crippen molar-refractivity contribution in [3.8, 4) is 5.75 Å². The first kappa shape index (κ1) is 15.0. The first-order valence-electron chi connectivity index (χ1n) is 6.79. The molecule has 0 aliphatic heterocycles. The Balaban J connectivity index is 1.87. The molecule has 4 heteroatoms. The predicted octanol–water partition coefficient (Wildman–Crippen LogP) is 3.39. The quantitative estimate of drug-likeness (QED) is 0.915. The topological polar surface area (TPSA) is 38.3 Å². The van der Waals surface area contributed by atoms with Crippen molar-refractivity contribution >= 4 is 5.91 Å². The molecule has 0 aliphatic rings. The molecular formula is C17H18FNO2. The molecule has 2 aromatic rings. The predicted molar refractivity (Wildman–Crippen MR) is 79.6 cm³/mol. The fourth-order valence-electron chi connectivity index (χ4n) is 1.93. The van der Waals surface area contributed by atoms with Crippen molar-refractivity contribution in [2.75, 3.05) is 6.61 Å². The Kier molecular flexibility index (Phi) is 4.93. The summed E-state index contributed by atoms with van der Waals surface area (Å²) in [6.45, 7) is 3.69. The van der Waals surface area contributed by atoms with Gasteiger partial charge in [0.25, 0.3) is 5.91 Å². The van der Waals surface area contributed by atoms with E-state index in [4.69, 9.17) is 4.74 Å². The summed E-state index contributed by atoms with van der Waals surface area (Å²) < 4.78 is 18.5. The summed E-state index contributed by atoms with van der Waals surface area (Å²) in [7, 11) is 0. The summed E-state index contributed by atoms with van der Waals surface area (Å²) in [6, 6.07) is 13.8. The van der Waals surface area contributed by atoms with Crippen LogP contribution in [0.3, 0.4) is 0 Å². The molecular weight excluding hydrogens is 269 g/mol. The first-order chi connectivity index (χ1) is 10.1. The van der Waals surface area contributed by atoms with E-state index in [2.05, 4.69) is 5.32 Å². The van der Waals surface area contributed by atoms with Gasteiger partial charge in [-0.1, -0.05) is 42.0 Å². The number of rotatable bonds is 5. The number of hydrogen-bond acceptors (Lipinski definition) is 2. The van der Waals surface area contributed by atoms with Crippen LogP contribution in [0.1, 0.15) is 24.1 Å². The van der Waals surface area contributed by atoms with Crippen molar-refractivity contribution in [1.82, 2.24) is 5.32 Å². The maximum atomic E-state index is 13.3. The van der Waals surface area contributed by atoms with E-state index < -0.39 is 5.82 Å². The average Bonchev–Trinajstić information content (AvgIpc) is 2.47. The second kappa shape index (κ2) is 6.88. The van der Waals surface area contributed by atoms with E-state index in [1.807, 2.05) is 38.1 Å². The van der Waals surface area contributed by atoms with E-state index in [9.17, 15) is 9.18 Å². The molecule has 1 amide bonds. The number of ether oxygens (including phenoxy) is 1. The highest BCUT2D eigenvalue weighted by Crippen LogP contribution is 2.16. The molecule has 3 nitrogen and oxygen atoms in total. The van der Waals surface area contributed by atoms with E-state index >= 15 is 0 Å². The maximum absolute atomic E-state index is 13.3. The lowest BCUT2D eigenvalue weighted by atomic mass is 10.1. The maximum Gasteiger partial charge on any atom is 0.258 e. The fourth-order valence-corrected chi connectivity index (χ4v) is 1.93. The van der Waals surface area contributed by atoms with Crippen LogP contribution in [0.5, 0.6) is 5.75 Å². The Morgan fingerprint density at radius 3 is 2.52 bits per heavy atom. The van der Waals surface area contributed by atoms with Crippen LogP contribution in [0.15, 0.2) is 48.5 Å². The van der Waals surface area contributed by atoms with Gasteiger partial charge in [-0.25, -0.2) is 4.39 Å². The molecule has 0 aromatic heterocycles. The van der Waals surface area contributed by atoms with Gasteiger partial charge >= 0.3 is 0 Å². The molecule has 0 radical (unpaired) electrons. The smallest absolute Gasteiger partial charge is 0.258 e.